The Morgan fingerprint density at radius 2 is 1.86 bits per heavy atom. The van der Waals surface area contributed by atoms with Crippen molar-refractivity contribution < 1.29 is 8.78 Å². The van der Waals surface area contributed by atoms with Gasteiger partial charge in [-0.05, 0) is 6.92 Å². The monoisotopic (exact) mass is 107 g/mol. The highest BCUT2D eigenvalue weighted by Crippen LogP contribution is 2.00. The van der Waals surface area contributed by atoms with E-state index in [1.54, 1.807) is 0 Å². The molecule has 0 aromatic rings. The van der Waals surface area contributed by atoms with Crippen molar-refractivity contribution in [3.63, 3.8) is 0 Å². The Labute approximate surface area is 41.0 Å². The topological polar surface area (TPSA) is 12.0 Å². The zero-order chi connectivity index (χ0) is 5.86. The molecule has 0 aromatic heterocycles. The van der Waals surface area contributed by atoms with Gasteiger partial charge >= 0.3 is 0 Å². The summed E-state index contributed by atoms with van der Waals surface area (Å²) in [7, 11) is 1.32. The summed E-state index contributed by atoms with van der Waals surface area (Å²) in [4.78, 5) is 0. The third-order valence-corrected chi connectivity index (χ3v) is 0.522. The average Bonchev–Trinajstić information content (AvgIpc) is 1.65. The van der Waals surface area contributed by atoms with Gasteiger partial charge in [0.05, 0.1) is 0 Å². The van der Waals surface area contributed by atoms with E-state index in [0.717, 1.165) is 6.92 Å². The minimum Gasteiger partial charge on any atom is -0.363 e. The molecule has 0 aliphatic rings. The number of rotatable bonds is 1. The van der Waals surface area contributed by atoms with Crippen molar-refractivity contribution in [3.8, 4) is 0 Å². The van der Waals surface area contributed by atoms with E-state index in [4.69, 9.17) is 0 Å². The molecule has 0 rings (SSSR count). The van der Waals surface area contributed by atoms with Crippen LogP contribution in [0.4, 0.5) is 8.78 Å². The van der Waals surface area contributed by atoms with Crippen LogP contribution in [0.2, 0.25) is 0 Å². The highest BCUT2D eigenvalue weighted by atomic mass is 19.2. The lowest BCUT2D eigenvalue weighted by Crippen LogP contribution is -2.00. The van der Waals surface area contributed by atoms with E-state index in [0.29, 0.717) is 0 Å². The maximum Gasteiger partial charge on any atom is 0.218 e. The zero-order valence-electron chi connectivity index (χ0n) is 4.26. The summed E-state index contributed by atoms with van der Waals surface area (Å²) >= 11 is 0. The number of halogens is 2. The first-order valence-corrected chi connectivity index (χ1v) is 1.88. The van der Waals surface area contributed by atoms with Crippen LogP contribution in [0, 0.1) is 0 Å². The smallest absolute Gasteiger partial charge is 0.218 e. The fraction of sp³-hybridized carbons (Fsp3) is 0.500. The van der Waals surface area contributed by atoms with E-state index in [-0.39, 0.29) is 0 Å². The van der Waals surface area contributed by atoms with E-state index in [1.165, 1.54) is 7.05 Å². The van der Waals surface area contributed by atoms with E-state index < -0.39 is 11.8 Å². The molecule has 0 spiro atoms. The molecule has 0 saturated carbocycles. The van der Waals surface area contributed by atoms with Gasteiger partial charge in [-0.15, -0.1) is 0 Å². The van der Waals surface area contributed by atoms with Crippen LogP contribution >= 0.6 is 0 Å². The first-order valence-electron chi connectivity index (χ1n) is 1.88. The van der Waals surface area contributed by atoms with Crippen molar-refractivity contribution in [2.45, 2.75) is 6.92 Å². The molecule has 0 bridgehead atoms. The molecule has 1 N–H and O–H groups in total. The Hall–Kier alpha value is -0.600. The quantitative estimate of drug-likeness (QED) is 0.498. The predicted molar refractivity (Wildman–Crippen MR) is 24.0 cm³/mol. The Bertz CT molecular complexity index is 83.7. The van der Waals surface area contributed by atoms with Crippen molar-refractivity contribution in [2.75, 3.05) is 7.05 Å². The summed E-state index contributed by atoms with van der Waals surface area (Å²) in [6, 6.07) is 0. The average molecular weight is 107 g/mol. The van der Waals surface area contributed by atoms with Crippen molar-refractivity contribution >= 4 is 0 Å². The van der Waals surface area contributed by atoms with Gasteiger partial charge in [0, 0.05) is 7.05 Å². The van der Waals surface area contributed by atoms with Crippen LogP contribution in [0.25, 0.3) is 0 Å². The Balaban J connectivity index is 3.72. The van der Waals surface area contributed by atoms with E-state index in [9.17, 15) is 8.78 Å². The summed E-state index contributed by atoms with van der Waals surface area (Å²) in [6.45, 7) is 1.05. The van der Waals surface area contributed by atoms with Crippen molar-refractivity contribution in [2.24, 2.45) is 0 Å². The fourth-order valence-electron chi connectivity index (χ4n) is 0.172. The minimum absolute atomic E-state index is 0.817. The minimum atomic E-state index is -0.903. The van der Waals surface area contributed by atoms with Crippen LogP contribution < -0.4 is 5.32 Å². The second kappa shape index (κ2) is 2.55. The maximum absolute atomic E-state index is 11.6. The number of hydrogen-bond acceptors (Lipinski definition) is 1. The lowest BCUT2D eigenvalue weighted by atomic mass is 10.6. The van der Waals surface area contributed by atoms with Gasteiger partial charge in [-0.3, -0.25) is 0 Å². The van der Waals surface area contributed by atoms with Crippen molar-refractivity contribution in [3.05, 3.63) is 11.8 Å². The number of allylic oxidation sites excluding steroid dienone is 1. The lowest BCUT2D eigenvalue weighted by Gasteiger charge is -1.90. The zero-order valence-corrected chi connectivity index (χ0v) is 4.26. The van der Waals surface area contributed by atoms with Gasteiger partial charge in [0.15, 0.2) is 0 Å². The first-order chi connectivity index (χ1) is 3.18. The Kier molecular flexibility index (Phi) is 2.33. The van der Waals surface area contributed by atoms with E-state index >= 15 is 0 Å². The summed E-state index contributed by atoms with van der Waals surface area (Å²) in [5.74, 6) is -1.72. The van der Waals surface area contributed by atoms with Crippen LogP contribution in [-0.4, -0.2) is 7.05 Å². The highest BCUT2D eigenvalue weighted by Gasteiger charge is 1.92. The molecule has 0 aliphatic heterocycles. The molecule has 7 heavy (non-hydrogen) atoms. The van der Waals surface area contributed by atoms with Crippen LogP contribution in [0.5, 0.6) is 0 Å². The maximum atomic E-state index is 11.6. The van der Waals surface area contributed by atoms with Gasteiger partial charge < -0.3 is 5.32 Å². The van der Waals surface area contributed by atoms with Gasteiger partial charge in [-0.1, -0.05) is 0 Å². The molecule has 0 saturated heterocycles. The molecule has 0 fully saturated rings. The van der Waals surface area contributed by atoms with E-state index in [2.05, 4.69) is 0 Å². The largest absolute Gasteiger partial charge is 0.363 e. The molecular formula is C4H7F2N. The molecule has 0 atom stereocenters. The molecule has 0 amide bonds. The molecule has 42 valence electrons. The Morgan fingerprint density at radius 3 is 1.86 bits per heavy atom. The molecule has 1 nitrogen and oxygen atoms in total. The molecule has 0 aromatic carbocycles. The molecular weight excluding hydrogens is 100 g/mol. The predicted octanol–water partition coefficient (Wildman–Crippen LogP) is 1.33. The van der Waals surface area contributed by atoms with Crippen LogP contribution in [0.3, 0.4) is 0 Å². The van der Waals surface area contributed by atoms with Gasteiger partial charge in [0.25, 0.3) is 0 Å². The third kappa shape index (κ3) is 2.14. The van der Waals surface area contributed by atoms with Gasteiger partial charge in [-0.25, -0.2) is 4.39 Å². The van der Waals surface area contributed by atoms with Crippen LogP contribution in [0.1, 0.15) is 6.92 Å². The summed E-state index contributed by atoms with van der Waals surface area (Å²) in [5, 5.41) is 2.00. The highest BCUT2D eigenvalue weighted by molar-refractivity contribution is 4.91. The molecule has 3 heteroatoms. The third-order valence-electron chi connectivity index (χ3n) is 0.522. The number of nitrogens with one attached hydrogen (secondary N) is 1. The summed E-state index contributed by atoms with van der Waals surface area (Å²) in [5.41, 5.74) is 0. The van der Waals surface area contributed by atoms with E-state index in [1.807, 2.05) is 5.32 Å². The number of hydrogen-bond donors (Lipinski definition) is 1. The SMILES string of the molecule is CN/C(F)=C(\C)F. The standard InChI is InChI=1S/C4H7F2N/c1-3(5)4(6)7-2/h7H,1-2H3/b4-3+. The van der Waals surface area contributed by atoms with Gasteiger partial charge in [0.1, 0.15) is 5.83 Å². The lowest BCUT2D eigenvalue weighted by molar-refractivity contribution is 0.497. The first kappa shape index (κ1) is 6.40. The molecule has 0 aliphatic carbocycles. The summed E-state index contributed by atoms with van der Waals surface area (Å²) < 4.78 is 23.2. The molecule has 0 radical (unpaired) electrons. The van der Waals surface area contributed by atoms with Gasteiger partial charge in [-0.2, -0.15) is 4.39 Å². The normalized spacial score (nSPS) is 13.1. The van der Waals surface area contributed by atoms with Crippen molar-refractivity contribution in [1.82, 2.24) is 5.32 Å². The molecule has 0 unspecified atom stereocenters. The fourth-order valence-corrected chi connectivity index (χ4v) is 0.172. The van der Waals surface area contributed by atoms with Crippen molar-refractivity contribution in [1.29, 1.82) is 0 Å². The van der Waals surface area contributed by atoms with Crippen LogP contribution in [0.15, 0.2) is 11.8 Å². The summed E-state index contributed by atoms with van der Waals surface area (Å²) in [6.07, 6.45) is 0. The second-order valence-corrected chi connectivity index (χ2v) is 1.10. The van der Waals surface area contributed by atoms with Crippen LogP contribution in [-0.2, 0) is 0 Å². The van der Waals surface area contributed by atoms with Gasteiger partial charge in [0.2, 0.25) is 5.95 Å². The second-order valence-electron chi connectivity index (χ2n) is 1.10. The Morgan fingerprint density at radius 1 is 1.43 bits per heavy atom. The molecule has 0 heterocycles.